The molecule has 0 spiro atoms. The molecule has 7 nitrogen and oxygen atoms in total. The largest absolute Gasteiger partial charge is 0.383 e. The maximum Gasteiger partial charge on any atom is 0.248 e. The van der Waals surface area contributed by atoms with Crippen LogP contribution in [0.25, 0.3) is 0 Å². The lowest BCUT2D eigenvalue weighted by Crippen LogP contribution is -2.34. The Hall–Kier alpha value is -1.89. The molecule has 6 N–H and O–H groups in total. The summed E-state index contributed by atoms with van der Waals surface area (Å²) in [4.78, 5) is 19.3. The van der Waals surface area contributed by atoms with Crippen LogP contribution >= 0.6 is 0 Å². The lowest BCUT2D eigenvalue weighted by molar-refractivity contribution is -0.125. The highest BCUT2D eigenvalue weighted by atomic mass is 16.3. The molecule has 1 amide bonds. The fraction of sp³-hybridized carbons (Fsp3) is 0.545. The fourth-order valence-electron chi connectivity index (χ4n) is 1.54. The van der Waals surface area contributed by atoms with Gasteiger partial charge in [-0.05, 0) is 19.8 Å². The molecule has 1 aliphatic carbocycles. The Morgan fingerprint density at radius 1 is 1.56 bits per heavy atom. The molecule has 1 aliphatic rings. The number of aliphatic hydroxyl groups is 1. The summed E-state index contributed by atoms with van der Waals surface area (Å²) in [5, 5.41) is 12.2. The molecule has 0 bridgehead atoms. The minimum Gasteiger partial charge on any atom is -0.383 e. The molecule has 7 heteroatoms. The van der Waals surface area contributed by atoms with Gasteiger partial charge in [-0.2, -0.15) is 0 Å². The van der Waals surface area contributed by atoms with Crippen molar-refractivity contribution in [1.29, 1.82) is 0 Å². The van der Waals surface area contributed by atoms with Gasteiger partial charge in [0.1, 0.15) is 23.6 Å². The van der Waals surface area contributed by atoms with E-state index in [0.29, 0.717) is 28.9 Å². The van der Waals surface area contributed by atoms with Gasteiger partial charge in [0.05, 0.1) is 6.54 Å². The zero-order valence-corrected chi connectivity index (χ0v) is 10.2. The summed E-state index contributed by atoms with van der Waals surface area (Å²) in [6, 6.07) is 0. The molecule has 1 atom stereocenters. The van der Waals surface area contributed by atoms with E-state index in [1.165, 1.54) is 0 Å². The molecule has 1 unspecified atom stereocenters. The molecular weight excluding hydrogens is 234 g/mol. The summed E-state index contributed by atoms with van der Waals surface area (Å²) in [5.74, 6) is 1.29. The molecule has 2 rings (SSSR count). The van der Waals surface area contributed by atoms with Gasteiger partial charge in [0.15, 0.2) is 0 Å². The van der Waals surface area contributed by atoms with Gasteiger partial charge in [-0.15, -0.1) is 0 Å². The number of carbonyl (C=O) groups is 1. The van der Waals surface area contributed by atoms with E-state index in [0.717, 1.165) is 12.8 Å². The number of carbonyl (C=O) groups excluding carboxylic acids is 1. The van der Waals surface area contributed by atoms with Crippen molar-refractivity contribution in [2.75, 3.05) is 17.6 Å². The number of aromatic nitrogens is 2. The smallest absolute Gasteiger partial charge is 0.248 e. The number of hydrogen-bond acceptors (Lipinski definition) is 6. The monoisotopic (exact) mass is 251 g/mol. The second kappa shape index (κ2) is 4.77. The molecule has 0 aliphatic heterocycles. The summed E-state index contributed by atoms with van der Waals surface area (Å²) < 4.78 is 0. The Bertz CT molecular complexity index is 473. The highest BCUT2D eigenvalue weighted by molar-refractivity contribution is 5.79. The lowest BCUT2D eigenvalue weighted by Gasteiger charge is -2.13. The number of anilines is 2. The fourth-order valence-corrected chi connectivity index (χ4v) is 1.54. The molecule has 0 aromatic carbocycles. The standard InChI is InChI=1S/C11H17N5O2/c1-5-8(12)15-11(6-2-3-6)16-10(5)14-4-7(17)9(13)18/h6-7,17H,2-4H2,1H3,(H2,13,18)(H3,12,14,15,16). The maximum atomic E-state index is 10.7. The summed E-state index contributed by atoms with van der Waals surface area (Å²) in [6.45, 7) is 1.79. The highest BCUT2D eigenvalue weighted by Gasteiger charge is 2.28. The lowest BCUT2D eigenvalue weighted by atomic mass is 10.2. The SMILES string of the molecule is Cc1c(N)nc(C2CC2)nc1NCC(O)C(N)=O. The summed E-state index contributed by atoms with van der Waals surface area (Å²) in [7, 11) is 0. The molecule has 0 radical (unpaired) electrons. The van der Waals surface area contributed by atoms with Crippen LogP contribution in [0.2, 0.25) is 0 Å². The maximum absolute atomic E-state index is 10.7. The van der Waals surface area contributed by atoms with Crippen LogP contribution in [0.15, 0.2) is 0 Å². The normalized spacial score (nSPS) is 16.3. The molecule has 1 fully saturated rings. The number of nitrogens with zero attached hydrogens (tertiary/aromatic N) is 2. The van der Waals surface area contributed by atoms with Gasteiger partial charge in [0.2, 0.25) is 5.91 Å². The summed E-state index contributed by atoms with van der Waals surface area (Å²) >= 11 is 0. The van der Waals surface area contributed by atoms with Crippen LogP contribution in [-0.2, 0) is 4.79 Å². The van der Waals surface area contributed by atoms with E-state index in [-0.39, 0.29) is 6.54 Å². The third-order valence-electron chi connectivity index (χ3n) is 2.93. The van der Waals surface area contributed by atoms with Gasteiger partial charge in [0.25, 0.3) is 0 Å². The number of amides is 1. The van der Waals surface area contributed by atoms with Crippen molar-refractivity contribution >= 4 is 17.5 Å². The van der Waals surface area contributed by atoms with Gasteiger partial charge in [0, 0.05) is 11.5 Å². The Morgan fingerprint density at radius 2 is 2.22 bits per heavy atom. The van der Waals surface area contributed by atoms with Gasteiger partial charge < -0.3 is 21.9 Å². The molecule has 0 saturated heterocycles. The number of aliphatic hydroxyl groups excluding tert-OH is 1. The molecule has 18 heavy (non-hydrogen) atoms. The van der Waals surface area contributed by atoms with Crippen LogP contribution in [0.5, 0.6) is 0 Å². The molecule has 1 saturated carbocycles. The van der Waals surface area contributed by atoms with E-state index in [1.807, 2.05) is 0 Å². The third kappa shape index (κ3) is 2.67. The Morgan fingerprint density at radius 3 is 2.78 bits per heavy atom. The topological polar surface area (TPSA) is 127 Å². The first-order valence-electron chi connectivity index (χ1n) is 5.84. The summed E-state index contributed by atoms with van der Waals surface area (Å²) in [6.07, 6.45) is 0.905. The van der Waals surface area contributed by atoms with Crippen molar-refractivity contribution < 1.29 is 9.90 Å². The van der Waals surface area contributed by atoms with E-state index in [9.17, 15) is 9.90 Å². The van der Waals surface area contributed by atoms with Crippen LogP contribution in [0, 0.1) is 6.92 Å². The van der Waals surface area contributed by atoms with Crippen LogP contribution in [0.3, 0.4) is 0 Å². The number of nitrogens with one attached hydrogen (secondary N) is 1. The quantitative estimate of drug-likeness (QED) is 0.559. The predicted octanol–water partition coefficient (Wildman–Crippen LogP) is -0.497. The average Bonchev–Trinajstić information content (AvgIpc) is 3.14. The van der Waals surface area contributed by atoms with Crippen LogP contribution in [0.1, 0.15) is 30.1 Å². The van der Waals surface area contributed by atoms with Gasteiger partial charge in [-0.3, -0.25) is 4.79 Å². The molecule has 1 aromatic heterocycles. The molecular formula is C11H17N5O2. The molecule has 1 heterocycles. The molecule has 1 aromatic rings. The van der Waals surface area contributed by atoms with Crippen LogP contribution < -0.4 is 16.8 Å². The van der Waals surface area contributed by atoms with Crippen molar-refractivity contribution in [3.05, 3.63) is 11.4 Å². The van der Waals surface area contributed by atoms with E-state index >= 15 is 0 Å². The Kier molecular flexibility index (Phi) is 3.33. The number of hydrogen-bond donors (Lipinski definition) is 4. The number of nitrogens with two attached hydrogens (primary N) is 2. The van der Waals surface area contributed by atoms with Crippen molar-refractivity contribution in [3.63, 3.8) is 0 Å². The van der Waals surface area contributed by atoms with E-state index in [4.69, 9.17) is 11.5 Å². The highest BCUT2D eigenvalue weighted by Crippen LogP contribution is 2.39. The van der Waals surface area contributed by atoms with Crippen molar-refractivity contribution in [2.24, 2.45) is 5.73 Å². The van der Waals surface area contributed by atoms with Gasteiger partial charge >= 0.3 is 0 Å². The molecule has 98 valence electrons. The first-order valence-corrected chi connectivity index (χ1v) is 5.84. The van der Waals surface area contributed by atoms with Gasteiger partial charge in [-0.1, -0.05) is 0 Å². The zero-order valence-electron chi connectivity index (χ0n) is 10.2. The minimum atomic E-state index is -1.25. The Labute approximate surface area is 105 Å². The van der Waals surface area contributed by atoms with E-state index < -0.39 is 12.0 Å². The third-order valence-corrected chi connectivity index (χ3v) is 2.93. The summed E-state index contributed by atoms with van der Waals surface area (Å²) in [5.41, 5.74) is 11.5. The van der Waals surface area contributed by atoms with E-state index in [1.54, 1.807) is 6.92 Å². The number of nitrogen functional groups attached to an aromatic ring is 1. The van der Waals surface area contributed by atoms with Gasteiger partial charge in [-0.25, -0.2) is 9.97 Å². The second-order valence-corrected chi connectivity index (χ2v) is 4.51. The minimum absolute atomic E-state index is 0.0106. The predicted molar refractivity (Wildman–Crippen MR) is 66.8 cm³/mol. The Balaban J connectivity index is 2.13. The second-order valence-electron chi connectivity index (χ2n) is 4.51. The van der Waals surface area contributed by atoms with Crippen LogP contribution in [-0.4, -0.2) is 33.6 Å². The van der Waals surface area contributed by atoms with Crippen molar-refractivity contribution in [3.8, 4) is 0 Å². The zero-order chi connectivity index (χ0) is 13.3. The average molecular weight is 251 g/mol. The number of rotatable bonds is 5. The van der Waals surface area contributed by atoms with Crippen LogP contribution in [0.4, 0.5) is 11.6 Å². The van der Waals surface area contributed by atoms with E-state index in [2.05, 4.69) is 15.3 Å². The number of primary amides is 1. The first-order chi connectivity index (χ1) is 8.49. The first kappa shape index (κ1) is 12.6. The van der Waals surface area contributed by atoms with Crippen molar-refractivity contribution in [1.82, 2.24) is 9.97 Å². The van der Waals surface area contributed by atoms with Crippen molar-refractivity contribution in [2.45, 2.75) is 31.8 Å².